The van der Waals surface area contributed by atoms with Gasteiger partial charge in [-0.1, -0.05) is 23.7 Å². The van der Waals surface area contributed by atoms with Crippen LogP contribution in [0.3, 0.4) is 0 Å². The van der Waals surface area contributed by atoms with E-state index in [-0.39, 0.29) is 12.5 Å². The summed E-state index contributed by atoms with van der Waals surface area (Å²) >= 11 is 5.92. The topological polar surface area (TPSA) is 55.6 Å². The van der Waals surface area contributed by atoms with Gasteiger partial charge in [-0.15, -0.1) is 0 Å². The van der Waals surface area contributed by atoms with Crippen molar-refractivity contribution >= 4 is 17.5 Å². The molecule has 1 amide bonds. The summed E-state index contributed by atoms with van der Waals surface area (Å²) in [6.45, 7) is 3.25. The second-order valence-electron chi connectivity index (χ2n) is 4.04. The summed E-state index contributed by atoms with van der Waals surface area (Å²) in [7, 11) is 1.53. The Bertz CT molecular complexity index is 398. The summed E-state index contributed by atoms with van der Waals surface area (Å²) in [6, 6.07) is 6.84. The van der Waals surface area contributed by atoms with Crippen LogP contribution >= 0.6 is 11.6 Å². The molecule has 0 aromatic heterocycles. The number of amides is 1. The van der Waals surface area contributed by atoms with E-state index in [1.807, 2.05) is 25.1 Å². The summed E-state index contributed by atoms with van der Waals surface area (Å²) in [5.41, 5.74) is 6.73. The van der Waals surface area contributed by atoms with Crippen LogP contribution in [-0.2, 0) is 16.1 Å². The first-order valence-electron chi connectivity index (χ1n) is 5.86. The molecule has 100 valence electrons. The highest BCUT2D eigenvalue weighted by atomic mass is 35.5. The molecule has 0 spiro atoms. The summed E-state index contributed by atoms with van der Waals surface area (Å²) < 4.78 is 4.90. The third-order valence-corrected chi connectivity index (χ3v) is 2.85. The molecule has 1 atom stereocenters. The van der Waals surface area contributed by atoms with Gasteiger partial charge in [0.1, 0.15) is 6.04 Å². The second kappa shape index (κ2) is 7.36. The van der Waals surface area contributed by atoms with Gasteiger partial charge in [0.2, 0.25) is 5.91 Å². The highest BCUT2D eigenvalue weighted by Crippen LogP contribution is 2.13. The minimum Gasteiger partial charge on any atom is -0.383 e. The fourth-order valence-corrected chi connectivity index (χ4v) is 1.90. The molecule has 0 fully saturated rings. The van der Waals surface area contributed by atoms with E-state index in [1.54, 1.807) is 11.0 Å². The quantitative estimate of drug-likeness (QED) is 0.855. The van der Waals surface area contributed by atoms with Crippen LogP contribution in [0.2, 0.25) is 5.02 Å². The van der Waals surface area contributed by atoms with Gasteiger partial charge >= 0.3 is 0 Å². The third kappa shape index (κ3) is 4.29. The zero-order valence-electron chi connectivity index (χ0n) is 10.7. The summed E-state index contributed by atoms with van der Waals surface area (Å²) in [6.07, 6.45) is 0. The molecule has 0 radical (unpaired) electrons. The smallest absolute Gasteiger partial charge is 0.242 e. The van der Waals surface area contributed by atoms with Crippen molar-refractivity contribution in [2.45, 2.75) is 19.5 Å². The molecule has 0 heterocycles. The molecular formula is C13H19ClN2O2. The van der Waals surface area contributed by atoms with Gasteiger partial charge in [0.15, 0.2) is 0 Å². The van der Waals surface area contributed by atoms with Gasteiger partial charge in [0.05, 0.1) is 6.61 Å². The summed E-state index contributed by atoms with van der Waals surface area (Å²) in [5, 5.41) is 0.664. The Morgan fingerprint density at radius 3 is 2.83 bits per heavy atom. The molecular weight excluding hydrogens is 252 g/mol. The van der Waals surface area contributed by atoms with Crippen LogP contribution in [0, 0.1) is 0 Å². The van der Waals surface area contributed by atoms with Crippen molar-refractivity contribution < 1.29 is 9.53 Å². The number of likely N-dealkylation sites (N-methyl/N-ethyl adjacent to an activating group) is 1. The minimum absolute atomic E-state index is 0.112. The maximum Gasteiger partial charge on any atom is 0.242 e. The van der Waals surface area contributed by atoms with Gasteiger partial charge in [-0.2, -0.15) is 0 Å². The van der Waals surface area contributed by atoms with Crippen LogP contribution in [0.25, 0.3) is 0 Å². The Hall–Kier alpha value is -1.10. The number of carbonyl (C=O) groups excluding carboxylic acids is 1. The predicted octanol–water partition coefficient (Wildman–Crippen LogP) is 1.66. The Morgan fingerprint density at radius 1 is 1.56 bits per heavy atom. The highest BCUT2D eigenvalue weighted by molar-refractivity contribution is 6.30. The van der Waals surface area contributed by atoms with E-state index in [2.05, 4.69) is 0 Å². The number of hydrogen-bond acceptors (Lipinski definition) is 3. The molecule has 2 N–H and O–H groups in total. The normalized spacial score (nSPS) is 12.2. The number of ether oxygens (including phenoxy) is 1. The summed E-state index contributed by atoms with van der Waals surface area (Å²) in [5.74, 6) is -0.112. The number of hydrogen-bond donors (Lipinski definition) is 1. The first kappa shape index (κ1) is 15.0. The van der Waals surface area contributed by atoms with Crippen molar-refractivity contribution in [2.75, 3.05) is 20.3 Å². The molecule has 1 unspecified atom stereocenters. The lowest BCUT2D eigenvalue weighted by Gasteiger charge is -2.24. The van der Waals surface area contributed by atoms with E-state index in [9.17, 15) is 4.79 Å². The number of benzene rings is 1. The average Bonchev–Trinajstić information content (AvgIpc) is 2.35. The third-order valence-electron chi connectivity index (χ3n) is 2.62. The molecule has 1 rings (SSSR count). The highest BCUT2D eigenvalue weighted by Gasteiger charge is 2.19. The lowest BCUT2D eigenvalue weighted by molar-refractivity contribution is -0.134. The van der Waals surface area contributed by atoms with E-state index < -0.39 is 6.04 Å². The van der Waals surface area contributed by atoms with Gasteiger partial charge in [0.25, 0.3) is 0 Å². The fraction of sp³-hybridized carbons (Fsp3) is 0.462. The van der Waals surface area contributed by atoms with Crippen LogP contribution in [-0.4, -0.2) is 37.1 Å². The largest absolute Gasteiger partial charge is 0.383 e. The van der Waals surface area contributed by atoms with Gasteiger partial charge in [-0.05, 0) is 24.6 Å². The molecule has 0 saturated carbocycles. The van der Waals surface area contributed by atoms with Gasteiger partial charge in [-0.3, -0.25) is 4.79 Å². The number of methoxy groups -OCH3 is 1. The zero-order valence-corrected chi connectivity index (χ0v) is 11.5. The van der Waals surface area contributed by atoms with Crippen LogP contribution in [0.5, 0.6) is 0 Å². The van der Waals surface area contributed by atoms with Crippen molar-refractivity contribution in [1.29, 1.82) is 0 Å². The van der Waals surface area contributed by atoms with E-state index >= 15 is 0 Å². The predicted molar refractivity (Wildman–Crippen MR) is 72.4 cm³/mol. The molecule has 1 aromatic rings. The molecule has 0 aliphatic rings. The molecule has 0 bridgehead atoms. The monoisotopic (exact) mass is 270 g/mol. The maximum atomic E-state index is 12.0. The average molecular weight is 271 g/mol. The Morgan fingerprint density at radius 2 is 2.28 bits per heavy atom. The van der Waals surface area contributed by atoms with Crippen LogP contribution in [0.15, 0.2) is 24.3 Å². The Balaban J connectivity index is 2.69. The number of halogens is 1. The van der Waals surface area contributed by atoms with Crippen molar-refractivity contribution in [2.24, 2.45) is 5.73 Å². The molecule has 0 saturated heterocycles. The van der Waals surface area contributed by atoms with Crippen molar-refractivity contribution in [1.82, 2.24) is 4.90 Å². The van der Waals surface area contributed by atoms with Crippen LogP contribution < -0.4 is 5.73 Å². The van der Waals surface area contributed by atoms with Crippen molar-refractivity contribution in [3.8, 4) is 0 Å². The summed E-state index contributed by atoms with van der Waals surface area (Å²) in [4.78, 5) is 13.7. The number of carbonyl (C=O) groups is 1. The van der Waals surface area contributed by atoms with E-state index in [0.717, 1.165) is 5.56 Å². The lowest BCUT2D eigenvalue weighted by Crippen LogP contribution is -2.45. The second-order valence-corrected chi connectivity index (χ2v) is 4.48. The maximum absolute atomic E-state index is 12.0. The molecule has 5 heteroatoms. The molecule has 0 aliphatic carbocycles. The van der Waals surface area contributed by atoms with E-state index in [4.69, 9.17) is 22.1 Å². The van der Waals surface area contributed by atoms with Gasteiger partial charge in [-0.25, -0.2) is 0 Å². The first-order chi connectivity index (χ1) is 8.58. The Labute approximate surface area is 113 Å². The molecule has 0 aliphatic heterocycles. The van der Waals surface area contributed by atoms with Crippen LogP contribution in [0.4, 0.5) is 0 Å². The van der Waals surface area contributed by atoms with Crippen LogP contribution in [0.1, 0.15) is 12.5 Å². The number of nitrogens with two attached hydrogens (primary N) is 1. The van der Waals surface area contributed by atoms with Crippen molar-refractivity contribution in [3.63, 3.8) is 0 Å². The minimum atomic E-state index is -0.617. The Kier molecular flexibility index (Phi) is 6.12. The molecule has 18 heavy (non-hydrogen) atoms. The van der Waals surface area contributed by atoms with E-state index in [1.165, 1.54) is 7.11 Å². The number of rotatable bonds is 6. The molecule has 1 aromatic carbocycles. The number of nitrogens with zero attached hydrogens (tertiary/aromatic N) is 1. The van der Waals surface area contributed by atoms with Crippen molar-refractivity contribution in [3.05, 3.63) is 34.9 Å². The molecule has 4 nitrogen and oxygen atoms in total. The first-order valence-corrected chi connectivity index (χ1v) is 6.24. The van der Waals surface area contributed by atoms with Gasteiger partial charge < -0.3 is 15.4 Å². The zero-order chi connectivity index (χ0) is 13.5. The standard InChI is InChI=1S/C13H19ClN2O2/c1-3-16(13(17)12(15)9-18-2)8-10-5-4-6-11(14)7-10/h4-7,12H,3,8-9,15H2,1-2H3. The lowest BCUT2D eigenvalue weighted by atomic mass is 10.2. The van der Waals surface area contributed by atoms with E-state index in [0.29, 0.717) is 18.1 Å². The van der Waals surface area contributed by atoms with Gasteiger partial charge in [0, 0.05) is 25.2 Å². The SMILES string of the molecule is CCN(Cc1cccc(Cl)c1)C(=O)C(N)COC. The fourth-order valence-electron chi connectivity index (χ4n) is 1.69.